The van der Waals surface area contributed by atoms with Gasteiger partial charge in [-0.1, -0.05) is 36.4 Å². The third-order valence-electron chi connectivity index (χ3n) is 4.01. The van der Waals surface area contributed by atoms with E-state index >= 15 is 0 Å². The topological polar surface area (TPSA) is 71.1 Å². The van der Waals surface area contributed by atoms with Crippen molar-refractivity contribution in [1.29, 1.82) is 0 Å². The summed E-state index contributed by atoms with van der Waals surface area (Å²) >= 11 is 1.64. The van der Waals surface area contributed by atoms with Crippen LogP contribution in [0.1, 0.15) is 21.5 Å². The van der Waals surface area contributed by atoms with Crippen molar-refractivity contribution in [1.82, 2.24) is 20.3 Å². The molecule has 0 spiro atoms. The molecule has 2 aromatic heterocycles. The van der Waals surface area contributed by atoms with Gasteiger partial charge in [0, 0.05) is 17.0 Å². The molecular weight excluding hydrogens is 324 g/mol. The van der Waals surface area contributed by atoms with Crippen molar-refractivity contribution in [2.45, 2.75) is 6.10 Å². The zero-order chi connectivity index (χ0) is 16.4. The van der Waals surface area contributed by atoms with Gasteiger partial charge in [0.2, 0.25) is 0 Å². The minimum absolute atomic E-state index is 0.0743. The van der Waals surface area contributed by atoms with E-state index in [2.05, 4.69) is 15.4 Å². The molecule has 4 rings (SSSR count). The van der Waals surface area contributed by atoms with Gasteiger partial charge in [-0.15, -0.1) is 11.3 Å². The molecule has 0 radical (unpaired) electrons. The normalized spacial score (nSPS) is 17.8. The quantitative estimate of drug-likeness (QED) is 0.796. The zero-order valence-electron chi connectivity index (χ0n) is 12.9. The Labute approximate surface area is 143 Å². The fourth-order valence-electron chi connectivity index (χ4n) is 2.81. The van der Waals surface area contributed by atoms with Gasteiger partial charge in [0.15, 0.2) is 5.69 Å². The zero-order valence-corrected chi connectivity index (χ0v) is 13.7. The third kappa shape index (κ3) is 2.83. The molecule has 3 heterocycles. The molecule has 0 bridgehead atoms. The highest BCUT2D eigenvalue weighted by molar-refractivity contribution is 7.10. The molecule has 1 aliphatic heterocycles. The SMILES string of the molecule is O=C(c1n[nH]nc1-c1ccccc1)N1CCOC(c2cccs2)C1. The number of carbonyl (C=O) groups is 1. The number of ether oxygens (including phenoxy) is 1. The Kier molecular flexibility index (Phi) is 4.10. The molecule has 1 aliphatic rings. The summed E-state index contributed by atoms with van der Waals surface area (Å²) < 4.78 is 5.81. The van der Waals surface area contributed by atoms with Crippen molar-refractivity contribution in [3.63, 3.8) is 0 Å². The highest BCUT2D eigenvalue weighted by atomic mass is 32.1. The number of morpholine rings is 1. The maximum absolute atomic E-state index is 12.9. The molecule has 6 nitrogen and oxygen atoms in total. The van der Waals surface area contributed by atoms with E-state index in [-0.39, 0.29) is 12.0 Å². The van der Waals surface area contributed by atoms with E-state index in [0.29, 0.717) is 31.1 Å². The third-order valence-corrected chi connectivity index (χ3v) is 4.98. The second kappa shape index (κ2) is 6.54. The minimum Gasteiger partial charge on any atom is -0.369 e. The van der Waals surface area contributed by atoms with E-state index < -0.39 is 0 Å². The molecule has 0 saturated carbocycles. The number of hydrogen-bond donors (Lipinski definition) is 1. The van der Waals surface area contributed by atoms with Gasteiger partial charge in [-0.2, -0.15) is 15.4 Å². The number of amides is 1. The van der Waals surface area contributed by atoms with Crippen LogP contribution in [0.4, 0.5) is 0 Å². The van der Waals surface area contributed by atoms with E-state index in [1.54, 1.807) is 16.2 Å². The molecule has 24 heavy (non-hydrogen) atoms. The van der Waals surface area contributed by atoms with Gasteiger partial charge in [0.25, 0.3) is 5.91 Å². The maximum atomic E-state index is 12.9. The van der Waals surface area contributed by atoms with Crippen molar-refractivity contribution >= 4 is 17.2 Å². The molecule has 1 atom stereocenters. The number of nitrogens with zero attached hydrogens (tertiary/aromatic N) is 3. The van der Waals surface area contributed by atoms with Gasteiger partial charge in [-0.05, 0) is 11.4 Å². The summed E-state index contributed by atoms with van der Waals surface area (Å²) in [6, 6.07) is 13.6. The highest BCUT2D eigenvalue weighted by Gasteiger charge is 2.29. The molecule has 3 aromatic rings. The molecule has 1 N–H and O–H groups in total. The van der Waals surface area contributed by atoms with E-state index in [0.717, 1.165) is 10.4 Å². The van der Waals surface area contributed by atoms with Crippen LogP contribution >= 0.6 is 11.3 Å². The lowest BCUT2D eigenvalue weighted by Crippen LogP contribution is -2.42. The van der Waals surface area contributed by atoms with Crippen LogP contribution in [0.5, 0.6) is 0 Å². The van der Waals surface area contributed by atoms with Crippen LogP contribution in [0.15, 0.2) is 47.8 Å². The molecule has 7 heteroatoms. The number of thiophene rings is 1. The van der Waals surface area contributed by atoms with Crippen LogP contribution in [0, 0.1) is 0 Å². The largest absolute Gasteiger partial charge is 0.369 e. The van der Waals surface area contributed by atoms with E-state index in [1.165, 1.54) is 0 Å². The summed E-state index contributed by atoms with van der Waals surface area (Å²) in [7, 11) is 0. The van der Waals surface area contributed by atoms with Crippen molar-refractivity contribution in [3.8, 4) is 11.3 Å². The fourth-order valence-corrected chi connectivity index (χ4v) is 3.57. The number of hydrogen-bond acceptors (Lipinski definition) is 5. The predicted molar refractivity (Wildman–Crippen MR) is 90.7 cm³/mol. The monoisotopic (exact) mass is 340 g/mol. The lowest BCUT2D eigenvalue weighted by atomic mass is 10.1. The Bertz CT molecular complexity index is 816. The van der Waals surface area contributed by atoms with Crippen molar-refractivity contribution in [2.75, 3.05) is 19.7 Å². The Morgan fingerprint density at radius 2 is 2.08 bits per heavy atom. The summed E-state index contributed by atoms with van der Waals surface area (Å²) in [5.74, 6) is -0.118. The summed E-state index contributed by atoms with van der Waals surface area (Å²) in [6.45, 7) is 1.61. The first-order valence-electron chi connectivity index (χ1n) is 7.73. The minimum atomic E-state index is -0.118. The maximum Gasteiger partial charge on any atom is 0.276 e. The second-order valence-electron chi connectivity index (χ2n) is 5.51. The summed E-state index contributed by atoms with van der Waals surface area (Å²) in [6.07, 6.45) is -0.0743. The second-order valence-corrected chi connectivity index (χ2v) is 6.49. The average Bonchev–Trinajstić information content (AvgIpc) is 3.34. The first-order chi connectivity index (χ1) is 11.8. The number of nitrogens with one attached hydrogen (secondary N) is 1. The summed E-state index contributed by atoms with van der Waals surface area (Å²) in [5.41, 5.74) is 1.81. The standard InChI is InChI=1S/C17H16N4O2S/c22-17(16-15(18-20-19-16)12-5-2-1-3-6-12)21-8-9-23-13(11-21)14-7-4-10-24-14/h1-7,10,13H,8-9,11H2,(H,18,19,20). The number of aromatic nitrogens is 3. The Morgan fingerprint density at radius 3 is 2.88 bits per heavy atom. The lowest BCUT2D eigenvalue weighted by Gasteiger charge is -2.32. The van der Waals surface area contributed by atoms with Gasteiger partial charge >= 0.3 is 0 Å². The summed E-state index contributed by atoms with van der Waals surface area (Å²) in [5, 5.41) is 12.8. The van der Waals surface area contributed by atoms with Crippen LogP contribution in [0.3, 0.4) is 0 Å². The van der Waals surface area contributed by atoms with Gasteiger partial charge < -0.3 is 9.64 Å². The lowest BCUT2D eigenvalue weighted by molar-refractivity contribution is -0.0213. The van der Waals surface area contributed by atoms with Crippen LogP contribution in [-0.4, -0.2) is 45.9 Å². The van der Waals surface area contributed by atoms with Crippen LogP contribution < -0.4 is 0 Å². The fraction of sp³-hybridized carbons (Fsp3) is 0.235. The first-order valence-corrected chi connectivity index (χ1v) is 8.61. The number of rotatable bonds is 3. The molecule has 1 amide bonds. The van der Waals surface area contributed by atoms with Gasteiger partial charge in [0.1, 0.15) is 11.8 Å². The number of H-pyrrole nitrogens is 1. The molecule has 0 aliphatic carbocycles. The number of benzene rings is 1. The Balaban J connectivity index is 1.57. The number of carbonyl (C=O) groups excluding carboxylic acids is 1. The van der Waals surface area contributed by atoms with Crippen LogP contribution in [0.25, 0.3) is 11.3 Å². The summed E-state index contributed by atoms with van der Waals surface area (Å²) in [4.78, 5) is 15.8. The molecule has 1 fully saturated rings. The van der Waals surface area contributed by atoms with E-state index in [1.807, 2.05) is 47.8 Å². The van der Waals surface area contributed by atoms with Gasteiger partial charge in [-0.25, -0.2) is 0 Å². The van der Waals surface area contributed by atoms with Crippen LogP contribution in [0.2, 0.25) is 0 Å². The molecule has 1 unspecified atom stereocenters. The molecular formula is C17H16N4O2S. The highest BCUT2D eigenvalue weighted by Crippen LogP contribution is 2.27. The van der Waals surface area contributed by atoms with Crippen molar-refractivity contribution < 1.29 is 9.53 Å². The first kappa shape index (κ1) is 15.0. The number of aromatic amines is 1. The Hall–Kier alpha value is -2.51. The van der Waals surface area contributed by atoms with Crippen LogP contribution in [-0.2, 0) is 4.74 Å². The smallest absolute Gasteiger partial charge is 0.276 e. The van der Waals surface area contributed by atoms with Crippen molar-refractivity contribution in [3.05, 3.63) is 58.4 Å². The van der Waals surface area contributed by atoms with Gasteiger partial charge in [0.05, 0.1) is 13.2 Å². The molecule has 1 aromatic carbocycles. The molecule has 1 saturated heterocycles. The average molecular weight is 340 g/mol. The van der Waals surface area contributed by atoms with Crippen molar-refractivity contribution in [2.24, 2.45) is 0 Å². The van der Waals surface area contributed by atoms with Gasteiger partial charge in [-0.3, -0.25) is 4.79 Å². The Morgan fingerprint density at radius 1 is 1.21 bits per heavy atom. The predicted octanol–water partition coefficient (Wildman–Crippen LogP) is 2.75. The van der Waals surface area contributed by atoms with E-state index in [4.69, 9.17) is 4.74 Å². The van der Waals surface area contributed by atoms with E-state index in [9.17, 15) is 4.79 Å². The molecule has 122 valence electrons.